The van der Waals surface area contributed by atoms with E-state index in [1.807, 2.05) is 45.0 Å². The Bertz CT molecular complexity index is 836. The molecule has 0 saturated carbocycles. The Morgan fingerprint density at radius 1 is 0.929 bits per heavy atom. The molecule has 0 atom stereocenters. The average molecular weight is 406 g/mol. The second-order valence-corrected chi connectivity index (χ2v) is 6.22. The number of rotatable bonds is 7. The van der Waals surface area contributed by atoms with E-state index in [0.717, 1.165) is 46.9 Å². The number of phenols is 1. The van der Waals surface area contributed by atoms with Gasteiger partial charge in [-0.15, -0.1) is 12.4 Å². The third-order valence-corrected chi connectivity index (χ3v) is 4.36. The molecule has 5 nitrogen and oxygen atoms in total. The van der Waals surface area contributed by atoms with Gasteiger partial charge in [0.25, 0.3) is 0 Å². The van der Waals surface area contributed by atoms with Crippen LogP contribution in [-0.4, -0.2) is 31.5 Å². The number of benzene rings is 2. The van der Waals surface area contributed by atoms with E-state index in [0.29, 0.717) is 25.6 Å². The number of hydrogen-bond donors (Lipinski definition) is 2. The average Bonchev–Trinajstić information content (AvgIpc) is 2.66. The van der Waals surface area contributed by atoms with E-state index in [4.69, 9.17) is 14.2 Å². The first-order valence-electron chi connectivity index (χ1n) is 9.50. The van der Waals surface area contributed by atoms with E-state index in [2.05, 4.69) is 11.4 Å². The van der Waals surface area contributed by atoms with Crippen LogP contribution in [0.1, 0.15) is 37.5 Å². The zero-order valence-corrected chi connectivity index (χ0v) is 17.4. The minimum atomic E-state index is 0. The highest BCUT2D eigenvalue weighted by Gasteiger charge is 2.18. The van der Waals surface area contributed by atoms with Gasteiger partial charge in [0.15, 0.2) is 23.0 Å². The Morgan fingerprint density at radius 3 is 2.32 bits per heavy atom. The van der Waals surface area contributed by atoms with Crippen molar-refractivity contribution in [3.8, 4) is 23.0 Å². The number of phenolic OH excluding ortho intramolecular Hbond substituents is 1. The molecule has 0 amide bonds. The van der Waals surface area contributed by atoms with Gasteiger partial charge >= 0.3 is 0 Å². The highest BCUT2D eigenvalue weighted by Crippen LogP contribution is 2.36. The quantitative estimate of drug-likeness (QED) is 0.701. The molecule has 0 aliphatic carbocycles. The molecule has 1 heterocycles. The topological polar surface area (TPSA) is 60.0 Å². The lowest BCUT2D eigenvalue weighted by Gasteiger charge is -2.23. The van der Waals surface area contributed by atoms with Crippen molar-refractivity contribution in [1.29, 1.82) is 0 Å². The van der Waals surface area contributed by atoms with Crippen LogP contribution in [0, 0.1) is 0 Å². The number of halogens is 1. The standard InChI is InChI=1S/C22H27NO4.ClH/c1-4-25-20-8-7-15(12-22(20)27-6-3)11-18-17-14-19(24)21(26-5-2)13-16(17)9-10-23-18;/h7-8,11-14,23-24H,4-6,9-10H2,1-3H3;1H/b18-11-;. The zero-order valence-electron chi connectivity index (χ0n) is 16.6. The summed E-state index contributed by atoms with van der Waals surface area (Å²) in [6, 6.07) is 9.63. The van der Waals surface area contributed by atoms with E-state index >= 15 is 0 Å². The fourth-order valence-corrected chi connectivity index (χ4v) is 3.22. The summed E-state index contributed by atoms with van der Waals surface area (Å²) in [4.78, 5) is 0. The van der Waals surface area contributed by atoms with Crippen LogP contribution in [0.15, 0.2) is 30.3 Å². The van der Waals surface area contributed by atoms with Gasteiger partial charge in [-0.3, -0.25) is 0 Å². The molecule has 0 bridgehead atoms. The molecule has 2 N–H and O–H groups in total. The third-order valence-electron chi connectivity index (χ3n) is 4.36. The van der Waals surface area contributed by atoms with Crippen molar-refractivity contribution in [3.63, 3.8) is 0 Å². The first-order chi connectivity index (χ1) is 13.2. The molecule has 0 fully saturated rings. The molecular weight excluding hydrogens is 378 g/mol. The maximum absolute atomic E-state index is 10.3. The molecule has 0 spiro atoms. The van der Waals surface area contributed by atoms with Crippen molar-refractivity contribution in [2.24, 2.45) is 0 Å². The van der Waals surface area contributed by atoms with Crippen LogP contribution in [0.5, 0.6) is 23.0 Å². The summed E-state index contributed by atoms with van der Waals surface area (Å²) in [5.41, 5.74) is 4.14. The van der Waals surface area contributed by atoms with Gasteiger partial charge in [-0.1, -0.05) is 6.07 Å². The second-order valence-electron chi connectivity index (χ2n) is 6.22. The summed E-state index contributed by atoms with van der Waals surface area (Å²) in [5.74, 6) is 2.18. The molecule has 2 aromatic carbocycles. The van der Waals surface area contributed by atoms with Crippen LogP contribution < -0.4 is 19.5 Å². The lowest BCUT2D eigenvalue weighted by Crippen LogP contribution is -2.22. The molecule has 0 unspecified atom stereocenters. The van der Waals surface area contributed by atoms with Gasteiger partial charge in [0, 0.05) is 17.8 Å². The minimum absolute atomic E-state index is 0. The van der Waals surface area contributed by atoms with E-state index < -0.39 is 0 Å². The second kappa shape index (κ2) is 10.1. The summed E-state index contributed by atoms with van der Waals surface area (Å²) >= 11 is 0. The molecule has 3 rings (SSSR count). The molecule has 0 radical (unpaired) electrons. The lowest BCUT2D eigenvalue weighted by atomic mass is 9.96. The van der Waals surface area contributed by atoms with Crippen LogP contribution in [0.25, 0.3) is 11.8 Å². The van der Waals surface area contributed by atoms with E-state index in [1.54, 1.807) is 6.07 Å². The predicted molar refractivity (Wildman–Crippen MR) is 115 cm³/mol. The van der Waals surface area contributed by atoms with Gasteiger partial charge in [0.2, 0.25) is 0 Å². The molecule has 0 saturated heterocycles. The maximum atomic E-state index is 10.3. The molecule has 2 aromatic rings. The highest BCUT2D eigenvalue weighted by atomic mass is 35.5. The predicted octanol–water partition coefficient (Wildman–Crippen LogP) is 4.65. The number of hydrogen-bond acceptors (Lipinski definition) is 5. The van der Waals surface area contributed by atoms with E-state index in [9.17, 15) is 5.11 Å². The molecule has 1 aliphatic rings. The van der Waals surface area contributed by atoms with Crippen LogP contribution in [0.2, 0.25) is 0 Å². The largest absolute Gasteiger partial charge is 0.504 e. The summed E-state index contributed by atoms with van der Waals surface area (Å²) < 4.78 is 16.9. The SMILES string of the molecule is CCOc1cc2c(cc1O)/C(=C/c1ccc(OCC)c(OCC)c1)NCC2.Cl. The Morgan fingerprint density at radius 2 is 1.61 bits per heavy atom. The first-order valence-corrected chi connectivity index (χ1v) is 9.50. The Labute approximate surface area is 172 Å². The summed E-state index contributed by atoms with van der Waals surface area (Å²) in [6.07, 6.45) is 2.95. The van der Waals surface area contributed by atoms with Crippen molar-refractivity contribution >= 4 is 24.2 Å². The molecule has 28 heavy (non-hydrogen) atoms. The molecule has 6 heteroatoms. The van der Waals surface area contributed by atoms with Gasteiger partial charge < -0.3 is 24.6 Å². The Hall–Kier alpha value is -2.53. The molecular formula is C22H28ClNO4. The number of ether oxygens (including phenoxy) is 3. The van der Waals surface area contributed by atoms with Crippen molar-refractivity contribution < 1.29 is 19.3 Å². The monoisotopic (exact) mass is 405 g/mol. The van der Waals surface area contributed by atoms with Gasteiger partial charge in [-0.25, -0.2) is 0 Å². The van der Waals surface area contributed by atoms with Crippen molar-refractivity contribution in [2.75, 3.05) is 26.4 Å². The number of nitrogens with one attached hydrogen (secondary N) is 1. The van der Waals surface area contributed by atoms with Crippen molar-refractivity contribution in [1.82, 2.24) is 5.32 Å². The summed E-state index contributed by atoms with van der Waals surface area (Å²) in [7, 11) is 0. The number of aromatic hydroxyl groups is 1. The lowest BCUT2D eigenvalue weighted by molar-refractivity contribution is 0.287. The highest BCUT2D eigenvalue weighted by molar-refractivity contribution is 5.85. The van der Waals surface area contributed by atoms with E-state index in [-0.39, 0.29) is 18.2 Å². The van der Waals surface area contributed by atoms with Gasteiger partial charge in [-0.2, -0.15) is 0 Å². The fraction of sp³-hybridized carbons (Fsp3) is 0.364. The van der Waals surface area contributed by atoms with Crippen molar-refractivity contribution in [3.05, 3.63) is 47.0 Å². The zero-order chi connectivity index (χ0) is 19.2. The first kappa shape index (κ1) is 21.8. The van der Waals surface area contributed by atoms with Crippen LogP contribution in [0.3, 0.4) is 0 Å². The van der Waals surface area contributed by atoms with E-state index in [1.165, 1.54) is 0 Å². The maximum Gasteiger partial charge on any atom is 0.161 e. The number of fused-ring (bicyclic) bond motifs is 1. The van der Waals surface area contributed by atoms with Crippen molar-refractivity contribution in [2.45, 2.75) is 27.2 Å². The summed E-state index contributed by atoms with van der Waals surface area (Å²) in [5, 5.41) is 13.7. The van der Waals surface area contributed by atoms with Crippen LogP contribution in [0.4, 0.5) is 0 Å². The molecule has 0 aromatic heterocycles. The van der Waals surface area contributed by atoms with Crippen LogP contribution in [-0.2, 0) is 6.42 Å². The minimum Gasteiger partial charge on any atom is -0.504 e. The molecule has 152 valence electrons. The Kier molecular flexibility index (Phi) is 7.88. The third kappa shape index (κ3) is 4.84. The molecule has 1 aliphatic heterocycles. The summed E-state index contributed by atoms with van der Waals surface area (Å²) in [6.45, 7) is 8.36. The smallest absolute Gasteiger partial charge is 0.161 e. The van der Waals surface area contributed by atoms with Gasteiger partial charge in [-0.05, 0) is 68.7 Å². The Balaban J connectivity index is 0.00000280. The van der Waals surface area contributed by atoms with Gasteiger partial charge in [0.1, 0.15) is 0 Å². The normalized spacial score (nSPS) is 13.9. The van der Waals surface area contributed by atoms with Crippen LogP contribution >= 0.6 is 12.4 Å². The van der Waals surface area contributed by atoms with Gasteiger partial charge in [0.05, 0.1) is 19.8 Å². The fourth-order valence-electron chi connectivity index (χ4n) is 3.22.